The van der Waals surface area contributed by atoms with E-state index in [1.54, 1.807) is 4.90 Å². The lowest BCUT2D eigenvalue weighted by Crippen LogP contribution is -2.51. The number of methoxy groups -OCH3 is 2. The molecular weight excluding hydrogens is 849 g/mol. The van der Waals surface area contributed by atoms with Crippen molar-refractivity contribution in [2.45, 2.75) is 121 Å². The number of ether oxygens (including phenoxy) is 2. The Morgan fingerprint density at radius 2 is 1.27 bits per heavy atom. The number of aromatic nitrogens is 4. The van der Waals surface area contributed by atoms with Crippen molar-refractivity contribution in [2.75, 3.05) is 27.3 Å². The van der Waals surface area contributed by atoms with E-state index in [2.05, 4.69) is 63.1 Å². The lowest BCUT2D eigenvalue weighted by atomic mass is 9.76. The summed E-state index contributed by atoms with van der Waals surface area (Å²) in [4.78, 5) is 85.4. The number of rotatable bonds is 11. The smallest absolute Gasteiger partial charge is 0.407 e. The number of fused-ring (bicyclic) bond motifs is 3. The van der Waals surface area contributed by atoms with Crippen LogP contribution in [0.25, 0.3) is 44.4 Å². The van der Waals surface area contributed by atoms with E-state index in [1.807, 2.05) is 50.9 Å². The van der Waals surface area contributed by atoms with Gasteiger partial charge in [-0.3, -0.25) is 14.4 Å². The molecule has 67 heavy (non-hydrogen) atoms. The lowest BCUT2D eigenvalue weighted by Gasteiger charge is -2.30. The second kappa shape index (κ2) is 18.6. The van der Waals surface area contributed by atoms with E-state index in [9.17, 15) is 24.0 Å². The van der Waals surface area contributed by atoms with Gasteiger partial charge in [-0.15, -0.1) is 0 Å². The number of nitrogens with zero attached hydrogens (tertiary/aromatic N) is 4. The van der Waals surface area contributed by atoms with Crippen molar-refractivity contribution in [3.63, 3.8) is 0 Å². The number of carbonyl (C=O) groups excluding carboxylic acids is 4. The zero-order chi connectivity index (χ0) is 47.1. The molecule has 2 aliphatic carbocycles. The Labute approximate surface area is 390 Å². The van der Waals surface area contributed by atoms with Crippen LogP contribution in [0.4, 0.5) is 9.59 Å². The number of hydrogen-bond acceptors (Lipinski definition) is 9. The van der Waals surface area contributed by atoms with Crippen molar-refractivity contribution in [1.82, 2.24) is 40.4 Å². The van der Waals surface area contributed by atoms with E-state index < -0.39 is 30.3 Å². The van der Waals surface area contributed by atoms with Crippen LogP contribution in [0.3, 0.4) is 0 Å². The van der Waals surface area contributed by atoms with Crippen LogP contribution >= 0.6 is 0 Å². The second-order valence-electron chi connectivity index (χ2n) is 19.5. The number of imidazole rings is 1. The molecule has 0 bridgehead atoms. The van der Waals surface area contributed by atoms with Gasteiger partial charge < -0.3 is 39.9 Å². The summed E-state index contributed by atoms with van der Waals surface area (Å²) in [5.74, 6) is 0.526. The SMILES string of the molecule is COC(=O)NC(C(=O)N1CCCC1c1ncc(-c2ccc(-c3ccc(-c4ccc5nc(C6CCCN6C(=O)C(NC(=O)OC)C(C)C)[nH]c(=O)c5c4)c4c3C3(CCCC3)CC4)cc2)[nH]1)C(C)C. The Morgan fingerprint density at radius 1 is 0.701 bits per heavy atom. The molecule has 3 aromatic carbocycles. The Bertz CT molecular complexity index is 2750. The maximum Gasteiger partial charge on any atom is 0.407 e. The van der Waals surface area contributed by atoms with E-state index >= 15 is 0 Å². The average molecular weight is 911 g/mol. The zero-order valence-electron chi connectivity index (χ0n) is 39.4. The van der Waals surface area contributed by atoms with E-state index in [-0.39, 0.29) is 40.7 Å². The molecule has 2 aromatic heterocycles. The van der Waals surface area contributed by atoms with Crippen molar-refractivity contribution in [3.05, 3.63) is 93.9 Å². The maximum absolute atomic E-state index is 13.9. The number of aromatic amines is 2. The number of benzene rings is 3. The normalized spacial score (nSPS) is 19.6. The van der Waals surface area contributed by atoms with E-state index in [1.165, 1.54) is 43.8 Å². The third kappa shape index (κ3) is 8.57. The van der Waals surface area contributed by atoms with Crippen LogP contribution in [0.1, 0.15) is 120 Å². The molecule has 4 heterocycles. The first-order valence-electron chi connectivity index (χ1n) is 24.0. The third-order valence-electron chi connectivity index (χ3n) is 14.9. The van der Waals surface area contributed by atoms with Crippen molar-refractivity contribution in [2.24, 2.45) is 11.8 Å². The number of amides is 4. The summed E-state index contributed by atoms with van der Waals surface area (Å²) < 4.78 is 9.59. The molecule has 1 saturated carbocycles. The van der Waals surface area contributed by atoms with Crippen molar-refractivity contribution < 1.29 is 28.7 Å². The van der Waals surface area contributed by atoms with E-state index in [4.69, 9.17) is 19.4 Å². The molecule has 5 aromatic rings. The fourth-order valence-corrected chi connectivity index (χ4v) is 11.4. The van der Waals surface area contributed by atoms with Crippen molar-refractivity contribution in [3.8, 4) is 33.5 Å². The molecule has 4 unspecified atom stereocenters. The van der Waals surface area contributed by atoms with Gasteiger partial charge in [-0.2, -0.15) is 0 Å². The highest BCUT2D eigenvalue weighted by Crippen LogP contribution is 2.55. The van der Waals surface area contributed by atoms with Crippen LogP contribution in [-0.4, -0.2) is 93.1 Å². The molecule has 4 aliphatic rings. The molecule has 0 radical (unpaired) electrons. The minimum atomic E-state index is -0.771. The van der Waals surface area contributed by atoms with Crippen LogP contribution in [0.2, 0.25) is 0 Å². The average Bonchev–Trinajstić information content (AvgIpc) is 4.20. The summed E-state index contributed by atoms with van der Waals surface area (Å²) >= 11 is 0. The zero-order valence-corrected chi connectivity index (χ0v) is 39.4. The van der Waals surface area contributed by atoms with Gasteiger partial charge in [0.2, 0.25) is 11.8 Å². The van der Waals surface area contributed by atoms with Crippen LogP contribution in [-0.2, 0) is 30.9 Å². The Kier molecular flexibility index (Phi) is 12.7. The first-order chi connectivity index (χ1) is 32.3. The monoisotopic (exact) mass is 910 g/mol. The summed E-state index contributed by atoms with van der Waals surface area (Å²) in [6.07, 6.45) is 10.4. The Morgan fingerprint density at radius 3 is 1.87 bits per heavy atom. The predicted octanol–water partition coefficient (Wildman–Crippen LogP) is 8.49. The molecule has 3 fully saturated rings. The molecule has 2 aliphatic heterocycles. The lowest BCUT2D eigenvalue weighted by molar-refractivity contribution is -0.136. The van der Waals surface area contributed by atoms with E-state index in [0.717, 1.165) is 78.7 Å². The van der Waals surface area contributed by atoms with Gasteiger partial charge >= 0.3 is 12.2 Å². The van der Waals surface area contributed by atoms with Crippen LogP contribution in [0.5, 0.6) is 0 Å². The van der Waals surface area contributed by atoms with Gasteiger partial charge in [0.1, 0.15) is 23.7 Å². The van der Waals surface area contributed by atoms with Gasteiger partial charge in [0, 0.05) is 13.1 Å². The summed E-state index contributed by atoms with van der Waals surface area (Å²) in [5, 5.41) is 5.90. The predicted molar refractivity (Wildman–Crippen MR) is 255 cm³/mol. The topological polar surface area (TPSA) is 192 Å². The molecule has 4 atom stereocenters. The fraction of sp³-hybridized carbons (Fsp3) is 0.481. The number of carbonyl (C=O) groups is 4. The molecule has 4 N–H and O–H groups in total. The minimum absolute atomic E-state index is 0.111. The highest BCUT2D eigenvalue weighted by atomic mass is 16.5. The maximum atomic E-state index is 13.9. The number of likely N-dealkylation sites (tertiary alicyclic amines) is 2. The van der Waals surface area contributed by atoms with Gasteiger partial charge in [-0.25, -0.2) is 19.6 Å². The Hall–Kier alpha value is -6.51. The van der Waals surface area contributed by atoms with Crippen molar-refractivity contribution >= 4 is 34.9 Å². The summed E-state index contributed by atoms with van der Waals surface area (Å²) in [7, 11) is 2.57. The van der Waals surface area contributed by atoms with Gasteiger partial charge in [-0.1, -0.05) is 83.0 Å². The number of hydrogen-bond donors (Lipinski definition) is 4. The highest BCUT2D eigenvalue weighted by Gasteiger charge is 2.44. The quantitative estimate of drug-likeness (QED) is 0.101. The molecule has 15 heteroatoms. The summed E-state index contributed by atoms with van der Waals surface area (Å²) in [6, 6.07) is 17.0. The van der Waals surface area contributed by atoms with Gasteiger partial charge in [0.15, 0.2) is 0 Å². The van der Waals surface area contributed by atoms with E-state index in [0.29, 0.717) is 36.2 Å². The number of H-pyrrole nitrogens is 2. The largest absolute Gasteiger partial charge is 0.453 e. The molecule has 15 nitrogen and oxygen atoms in total. The third-order valence-corrected chi connectivity index (χ3v) is 14.9. The minimum Gasteiger partial charge on any atom is -0.453 e. The molecule has 4 amide bonds. The standard InChI is InChI=1S/C52H62N8O7/c1-29(2)43(56-50(64)66-5)48(62)59-25-9-11-40(59)45-53-28-39(55-45)32-15-13-31(14-16-32)35-19-18-34(36-21-24-52(42(35)36)22-7-8-23-52)33-17-20-38-37(27-33)47(61)58-46(54-38)41-12-10-26-60(41)49(63)44(30(3)4)57-51(65)67-6/h13-20,27-30,40-41,43-44H,7-12,21-26H2,1-6H3,(H,53,55)(H,56,64)(H,57,65)(H,54,58,61). The summed E-state index contributed by atoms with van der Waals surface area (Å²) in [6.45, 7) is 8.66. The van der Waals surface area contributed by atoms with Crippen LogP contribution < -0.4 is 16.2 Å². The van der Waals surface area contributed by atoms with Gasteiger partial charge in [-0.05, 0) is 120 Å². The molecule has 1 spiro atoms. The molecule has 9 rings (SSSR count). The van der Waals surface area contributed by atoms with Crippen molar-refractivity contribution in [1.29, 1.82) is 0 Å². The van der Waals surface area contributed by atoms with Crippen LogP contribution in [0.15, 0.2) is 65.6 Å². The first-order valence-corrected chi connectivity index (χ1v) is 24.0. The molecule has 352 valence electrons. The highest BCUT2D eigenvalue weighted by molar-refractivity contribution is 5.89. The molecular formula is C52H62N8O7. The van der Waals surface area contributed by atoms with Gasteiger partial charge in [0.25, 0.3) is 5.56 Å². The summed E-state index contributed by atoms with van der Waals surface area (Å²) in [5.41, 5.74) is 9.59. The van der Waals surface area contributed by atoms with Crippen LogP contribution in [0, 0.1) is 11.8 Å². The van der Waals surface area contributed by atoms with Gasteiger partial charge in [0.05, 0.1) is 49.1 Å². The molecule has 2 saturated heterocycles. The number of alkyl carbamates (subject to hydrolysis) is 2. The first kappa shape index (κ1) is 45.6. The number of nitrogens with one attached hydrogen (secondary N) is 4. The second-order valence-corrected chi connectivity index (χ2v) is 19.5. The fourth-order valence-electron chi connectivity index (χ4n) is 11.4. The Balaban J connectivity index is 0.980.